The largest absolute Gasteiger partial charge is 0.479 e. The van der Waals surface area contributed by atoms with Crippen molar-refractivity contribution < 1.29 is 19.1 Å². The average Bonchev–Trinajstić information content (AvgIpc) is 2.83. The molecule has 0 spiro atoms. The normalized spacial score (nSPS) is 11.9. The Hall–Kier alpha value is -1.79. The number of rotatable bonds is 4. The number of hydrogen-bond donors (Lipinski definition) is 2. The highest BCUT2D eigenvalue weighted by atomic mass is 79.9. The second kappa shape index (κ2) is 6.11. The minimum absolute atomic E-state index is 0.00942. The lowest BCUT2D eigenvalue weighted by molar-refractivity contribution is -0.139. The van der Waals surface area contributed by atoms with Crippen molar-refractivity contribution in [2.75, 3.05) is 0 Å². The zero-order chi connectivity index (χ0) is 14.7. The lowest BCUT2D eigenvalue weighted by atomic mass is 10.1. The molecule has 2 N–H and O–H groups in total. The van der Waals surface area contributed by atoms with Crippen molar-refractivity contribution in [1.82, 2.24) is 5.32 Å². The Morgan fingerprint density at radius 2 is 1.95 bits per heavy atom. The van der Waals surface area contributed by atoms with E-state index in [0.29, 0.717) is 10.2 Å². The molecule has 0 radical (unpaired) electrons. The van der Waals surface area contributed by atoms with Gasteiger partial charge in [-0.05, 0) is 34.1 Å². The van der Waals surface area contributed by atoms with Crippen LogP contribution in [0.4, 0.5) is 0 Å². The van der Waals surface area contributed by atoms with Crippen LogP contribution in [-0.4, -0.2) is 17.0 Å². The zero-order valence-corrected chi connectivity index (χ0v) is 12.3. The summed E-state index contributed by atoms with van der Waals surface area (Å²) in [5.74, 6) is -1.84. The van der Waals surface area contributed by atoms with Crippen LogP contribution in [0, 0.1) is 0 Å². The Balaban J connectivity index is 2.25. The molecule has 1 amide bonds. The van der Waals surface area contributed by atoms with Crippen molar-refractivity contribution in [3.05, 3.63) is 57.4 Å². The van der Waals surface area contributed by atoms with E-state index in [-0.39, 0.29) is 10.8 Å². The molecule has 104 valence electrons. The molecule has 0 aliphatic heterocycles. The molecule has 20 heavy (non-hydrogen) atoms. The number of carbonyl (C=O) groups is 2. The van der Waals surface area contributed by atoms with Crippen LogP contribution in [0.1, 0.15) is 22.2 Å². The second-order valence-electron chi connectivity index (χ2n) is 3.87. The highest BCUT2D eigenvalue weighted by Crippen LogP contribution is 2.23. The molecule has 0 bridgehead atoms. The van der Waals surface area contributed by atoms with Gasteiger partial charge in [-0.25, -0.2) is 4.79 Å². The van der Waals surface area contributed by atoms with Gasteiger partial charge in [-0.3, -0.25) is 4.79 Å². The minimum atomic E-state index is -1.25. The van der Waals surface area contributed by atoms with Gasteiger partial charge in [-0.1, -0.05) is 29.8 Å². The maximum Gasteiger partial charge on any atom is 0.330 e. The molecule has 5 nitrogen and oxygen atoms in total. The Labute approximate surface area is 127 Å². The number of furan rings is 1. The summed E-state index contributed by atoms with van der Waals surface area (Å²) in [5, 5.41) is 11.9. The first kappa shape index (κ1) is 14.6. The number of nitrogens with one attached hydrogen (secondary N) is 1. The number of aliphatic carboxylic acids is 1. The molecule has 1 atom stereocenters. The van der Waals surface area contributed by atoms with E-state index >= 15 is 0 Å². The summed E-state index contributed by atoms with van der Waals surface area (Å²) in [7, 11) is 0. The van der Waals surface area contributed by atoms with Crippen LogP contribution in [0.3, 0.4) is 0 Å². The highest BCUT2D eigenvalue weighted by Gasteiger charge is 2.25. The Morgan fingerprint density at radius 1 is 1.25 bits per heavy atom. The first-order valence-corrected chi connectivity index (χ1v) is 6.69. The van der Waals surface area contributed by atoms with Crippen molar-refractivity contribution in [2.45, 2.75) is 6.04 Å². The van der Waals surface area contributed by atoms with Gasteiger partial charge in [0.25, 0.3) is 5.91 Å². The summed E-state index contributed by atoms with van der Waals surface area (Å²) in [4.78, 5) is 23.2. The molecule has 2 aromatic rings. The molecule has 0 fully saturated rings. The third-order valence-corrected chi connectivity index (χ3v) is 3.31. The standard InChI is InChI=1S/C13H9BrClNO4/c14-10-6-5-9(20-10)12(17)16-11(13(18)19)7-3-1-2-4-8(7)15/h1-6,11H,(H,16,17)(H,18,19)/t11-/m1/s1. The molecule has 0 aliphatic rings. The maximum atomic E-state index is 11.9. The molecule has 0 aliphatic carbocycles. The zero-order valence-electron chi connectivity index (χ0n) is 9.97. The van der Waals surface area contributed by atoms with Gasteiger partial charge >= 0.3 is 5.97 Å². The molecule has 1 aromatic carbocycles. The summed E-state index contributed by atoms with van der Waals surface area (Å²) in [5.41, 5.74) is 0.306. The fourth-order valence-electron chi connectivity index (χ4n) is 1.62. The smallest absolute Gasteiger partial charge is 0.330 e. The molecule has 1 aromatic heterocycles. The molecule has 7 heteroatoms. The number of benzene rings is 1. The van der Waals surface area contributed by atoms with Gasteiger partial charge in [-0.2, -0.15) is 0 Å². The molecule has 0 unspecified atom stereocenters. The topological polar surface area (TPSA) is 79.5 Å². The van der Waals surface area contributed by atoms with E-state index < -0.39 is 17.9 Å². The van der Waals surface area contributed by atoms with Gasteiger partial charge in [0.2, 0.25) is 0 Å². The number of carboxylic acids is 1. The number of amides is 1. The molecule has 1 heterocycles. The number of carbonyl (C=O) groups excluding carboxylic acids is 1. The summed E-state index contributed by atoms with van der Waals surface area (Å²) in [6.45, 7) is 0. The highest BCUT2D eigenvalue weighted by molar-refractivity contribution is 9.10. The minimum Gasteiger partial charge on any atom is -0.479 e. The van der Waals surface area contributed by atoms with E-state index in [1.807, 2.05) is 0 Å². The van der Waals surface area contributed by atoms with Crippen molar-refractivity contribution in [1.29, 1.82) is 0 Å². The summed E-state index contributed by atoms with van der Waals surface area (Å²) >= 11 is 9.02. The predicted octanol–water partition coefficient (Wildman–Crippen LogP) is 3.25. The maximum absolute atomic E-state index is 11.9. The Kier molecular flexibility index (Phi) is 4.46. The van der Waals surface area contributed by atoms with Crippen LogP contribution < -0.4 is 5.32 Å². The van der Waals surface area contributed by atoms with Crippen LogP contribution in [0.5, 0.6) is 0 Å². The van der Waals surface area contributed by atoms with Gasteiger partial charge in [-0.15, -0.1) is 0 Å². The van der Waals surface area contributed by atoms with E-state index in [1.165, 1.54) is 6.07 Å². The molecule has 2 rings (SSSR count). The van der Waals surface area contributed by atoms with E-state index in [0.717, 1.165) is 0 Å². The lowest BCUT2D eigenvalue weighted by Gasteiger charge is -2.15. The number of halogens is 2. The average molecular weight is 359 g/mol. The van der Waals surface area contributed by atoms with E-state index in [1.54, 1.807) is 30.3 Å². The second-order valence-corrected chi connectivity index (χ2v) is 5.06. The first-order valence-electron chi connectivity index (χ1n) is 5.52. The van der Waals surface area contributed by atoms with Gasteiger partial charge in [0.1, 0.15) is 0 Å². The van der Waals surface area contributed by atoms with Crippen molar-refractivity contribution >= 4 is 39.4 Å². The van der Waals surface area contributed by atoms with Crippen LogP contribution in [0.15, 0.2) is 45.5 Å². The third kappa shape index (κ3) is 3.20. The summed E-state index contributed by atoms with van der Waals surface area (Å²) in [6, 6.07) is 8.15. The molecular formula is C13H9BrClNO4. The monoisotopic (exact) mass is 357 g/mol. The molecule has 0 saturated carbocycles. The van der Waals surface area contributed by atoms with Gasteiger partial charge in [0, 0.05) is 10.6 Å². The lowest BCUT2D eigenvalue weighted by Crippen LogP contribution is -2.33. The van der Waals surface area contributed by atoms with Crippen LogP contribution >= 0.6 is 27.5 Å². The van der Waals surface area contributed by atoms with Gasteiger partial charge in [0.15, 0.2) is 16.5 Å². The van der Waals surface area contributed by atoms with Crippen LogP contribution in [0.25, 0.3) is 0 Å². The number of carboxylic acid groups (broad SMARTS) is 1. The fraction of sp³-hybridized carbons (Fsp3) is 0.0769. The van der Waals surface area contributed by atoms with E-state index in [2.05, 4.69) is 21.2 Å². The summed E-state index contributed by atoms with van der Waals surface area (Å²) < 4.78 is 5.45. The number of hydrogen-bond acceptors (Lipinski definition) is 3. The van der Waals surface area contributed by atoms with Crippen molar-refractivity contribution in [2.24, 2.45) is 0 Å². The van der Waals surface area contributed by atoms with Crippen LogP contribution in [0.2, 0.25) is 5.02 Å². The fourth-order valence-corrected chi connectivity index (χ4v) is 2.17. The predicted molar refractivity (Wildman–Crippen MR) is 75.7 cm³/mol. The van der Waals surface area contributed by atoms with Crippen molar-refractivity contribution in [3.8, 4) is 0 Å². The first-order chi connectivity index (χ1) is 9.49. The van der Waals surface area contributed by atoms with E-state index in [9.17, 15) is 14.7 Å². The van der Waals surface area contributed by atoms with Crippen molar-refractivity contribution in [3.63, 3.8) is 0 Å². The van der Waals surface area contributed by atoms with Gasteiger partial charge < -0.3 is 14.8 Å². The van der Waals surface area contributed by atoms with Gasteiger partial charge in [0.05, 0.1) is 0 Å². The summed E-state index contributed by atoms with van der Waals surface area (Å²) in [6.07, 6.45) is 0. The Morgan fingerprint density at radius 3 is 2.50 bits per heavy atom. The van der Waals surface area contributed by atoms with E-state index in [4.69, 9.17) is 16.0 Å². The molecule has 0 saturated heterocycles. The molecular weight excluding hydrogens is 350 g/mol. The third-order valence-electron chi connectivity index (χ3n) is 2.54. The van der Waals surface area contributed by atoms with Crippen LogP contribution in [-0.2, 0) is 4.79 Å². The quantitative estimate of drug-likeness (QED) is 0.879. The SMILES string of the molecule is O=C(N[C@@H](C(=O)O)c1ccccc1Cl)c1ccc(Br)o1. The Bertz CT molecular complexity index is 655.